The fourth-order valence-corrected chi connectivity index (χ4v) is 0.635. The van der Waals surface area contributed by atoms with Crippen LogP contribution < -0.4 is 0 Å². The summed E-state index contributed by atoms with van der Waals surface area (Å²) in [4.78, 5) is 0. The Bertz CT molecular complexity index is 74.5. The van der Waals surface area contributed by atoms with Gasteiger partial charge in [0.05, 0.1) is 6.61 Å². The number of allylic oxidation sites excluding steroid dienone is 1. The molecular weight excluding hydrogens is 100 g/mol. The first-order chi connectivity index (χ1) is 3.81. The lowest BCUT2D eigenvalue weighted by Crippen LogP contribution is -1.88. The molecule has 0 bridgehead atoms. The summed E-state index contributed by atoms with van der Waals surface area (Å²) in [5.74, 6) is 0. The van der Waals surface area contributed by atoms with Gasteiger partial charge in [0.1, 0.15) is 0 Å². The first-order valence-electron chi connectivity index (χ1n) is 2.95. The summed E-state index contributed by atoms with van der Waals surface area (Å²) in [5, 5.41) is 0. The average Bonchev–Trinajstić information content (AvgIpc) is 1.68. The van der Waals surface area contributed by atoms with Crippen LogP contribution in [0.3, 0.4) is 0 Å². The van der Waals surface area contributed by atoms with Gasteiger partial charge in [0.15, 0.2) is 0 Å². The van der Waals surface area contributed by atoms with Gasteiger partial charge in [0.25, 0.3) is 0 Å². The molecule has 0 aromatic carbocycles. The summed E-state index contributed by atoms with van der Waals surface area (Å²) in [7, 11) is 1.72. The SMILES string of the molecule is CC/C=C(/C)COC. The molecule has 0 saturated carbocycles. The Kier molecular flexibility index (Phi) is 4.67. The second-order valence-corrected chi connectivity index (χ2v) is 1.89. The van der Waals surface area contributed by atoms with Crippen molar-refractivity contribution in [3.63, 3.8) is 0 Å². The lowest BCUT2D eigenvalue weighted by atomic mass is 10.3. The van der Waals surface area contributed by atoms with Crippen molar-refractivity contribution < 1.29 is 4.74 Å². The molecule has 0 aliphatic carbocycles. The zero-order valence-electron chi connectivity index (χ0n) is 5.90. The molecule has 0 aromatic heterocycles. The normalized spacial score (nSPS) is 12.1. The molecule has 48 valence electrons. The largest absolute Gasteiger partial charge is 0.380 e. The maximum atomic E-state index is 4.89. The van der Waals surface area contributed by atoms with Gasteiger partial charge in [-0.25, -0.2) is 0 Å². The molecule has 0 aromatic rings. The van der Waals surface area contributed by atoms with Crippen LogP contribution in [0, 0.1) is 0 Å². The predicted octanol–water partition coefficient (Wildman–Crippen LogP) is 1.99. The van der Waals surface area contributed by atoms with Crippen LogP contribution in [0.5, 0.6) is 0 Å². The zero-order valence-corrected chi connectivity index (χ0v) is 5.90. The number of hydrogen-bond donors (Lipinski definition) is 0. The number of ether oxygens (including phenoxy) is 1. The van der Waals surface area contributed by atoms with Crippen molar-refractivity contribution in [2.45, 2.75) is 20.3 Å². The molecule has 0 rings (SSSR count). The van der Waals surface area contributed by atoms with E-state index in [-0.39, 0.29) is 0 Å². The molecule has 1 heteroatoms. The molecule has 0 atom stereocenters. The molecule has 0 radical (unpaired) electrons. The third-order valence-corrected chi connectivity index (χ3v) is 0.925. The van der Waals surface area contributed by atoms with Crippen LogP contribution in [0.25, 0.3) is 0 Å². The van der Waals surface area contributed by atoms with E-state index in [1.807, 2.05) is 0 Å². The van der Waals surface area contributed by atoms with Crippen LogP contribution in [0.1, 0.15) is 20.3 Å². The van der Waals surface area contributed by atoms with Crippen LogP contribution in [0.2, 0.25) is 0 Å². The Balaban J connectivity index is 3.29. The third-order valence-electron chi connectivity index (χ3n) is 0.925. The number of rotatable bonds is 3. The van der Waals surface area contributed by atoms with Crippen LogP contribution in [-0.4, -0.2) is 13.7 Å². The first kappa shape index (κ1) is 7.70. The van der Waals surface area contributed by atoms with E-state index in [4.69, 9.17) is 4.74 Å². The highest BCUT2D eigenvalue weighted by molar-refractivity contribution is 4.96. The lowest BCUT2D eigenvalue weighted by Gasteiger charge is -1.95. The maximum absolute atomic E-state index is 4.89. The molecule has 0 aliphatic rings. The predicted molar refractivity (Wildman–Crippen MR) is 35.9 cm³/mol. The number of hydrogen-bond acceptors (Lipinski definition) is 1. The van der Waals surface area contributed by atoms with E-state index in [2.05, 4.69) is 19.9 Å². The fourth-order valence-electron chi connectivity index (χ4n) is 0.635. The van der Waals surface area contributed by atoms with Crippen LogP contribution >= 0.6 is 0 Å². The molecule has 0 unspecified atom stereocenters. The summed E-state index contributed by atoms with van der Waals surface area (Å²) < 4.78 is 4.89. The van der Waals surface area contributed by atoms with Crippen LogP contribution in [-0.2, 0) is 4.74 Å². The Labute approximate surface area is 51.4 Å². The quantitative estimate of drug-likeness (QED) is 0.510. The Morgan fingerprint density at radius 1 is 1.62 bits per heavy atom. The van der Waals surface area contributed by atoms with Crippen molar-refractivity contribution in [1.82, 2.24) is 0 Å². The van der Waals surface area contributed by atoms with Gasteiger partial charge in [-0.05, 0) is 13.3 Å². The van der Waals surface area contributed by atoms with E-state index < -0.39 is 0 Å². The smallest absolute Gasteiger partial charge is 0.0670 e. The molecule has 0 fully saturated rings. The molecule has 0 heterocycles. The van der Waals surface area contributed by atoms with E-state index in [1.54, 1.807) is 7.11 Å². The van der Waals surface area contributed by atoms with Gasteiger partial charge in [-0.3, -0.25) is 0 Å². The summed E-state index contributed by atoms with van der Waals surface area (Å²) >= 11 is 0. The van der Waals surface area contributed by atoms with Gasteiger partial charge in [-0.1, -0.05) is 18.6 Å². The van der Waals surface area contributed by atoms with E-state index >= 15 is 0 Å². The molecule has 0 amide bonds. The van der Waals surface area contributed by atoms with Crippen molar-refractivity contribution in [2.75, 3.05) is 13.7 Å². The van der Waals surface area contributed by atoms with E-state index in [0.717, 1.165) is 13.0 Å². The zero-order chi connectivity index (χ0) is 6.41. The van der Waals surface area contributed by atoms with E-state index in [0.29, 0.717) is 0 Å². The van der Waals surface area contributed by atoms with Crippen LogP contribution in [0.4, 0.5) is 0 Å². The van der Waals surface area contributed by atoms with Crippen molar-refractivity contribution in [3.8, 4) is 0 Å². The Hall–Kier alpha value is -0.300. The lowest BCUT2D eigenvalue weighted by molar-refractivity contribution is 0.225. The van der Waals surface area contributed by atoms with Gasteiger partial charge in [0.2, 0.25) is 0 Å². The molecule has 8 heavy (non-hydrogen) atoms. The minimum absolute atomic E-state index is 0.772. The minimum Gasteiger partial charge on any atom is -0.380 e. The summed E-state index contributed by atoms with van der Waals surface area (Å²) in [6.45, 7) is 4.97. The highest BCUT2D eigenvalue weighted by Gasteiger charge is 1.82. The molecule has 0 N–H and O–H groups in total. The van der Waals surface area contributed by atoms with Crippen molar-refractivity contribution in [1.29, 1.82) is 0 Å². The highest BCUT2D eigenvalue weighted by Crippen LogP contribution is 1.93. The maximum Gasteiger partial charge on any atom is 0.0670 e. The second kappa shape index (κ2) is 4.85. The summed E-state index contributed by atoms with van der Waals surface area (Å²) in [6, 6.07) is 0. The minimum atomic E-state index is 0.772. The molecule has 0 aliphatic heterocycles. The van der Waals surface area contributed by atoms with Gasteiger partial charge in [-0.15, -0.1) is 0 Å². The Morgan fingerprint density at radius 2 is 2.25 bits per heavy atom. The Morgan fingerprint density at radius 3 is 2.62 bits per heavy atom. The molecule has 0 spiro atoms. The fraction of sp³-hybridized carbons (Fsp3) is 0.714. The number of methoxy groups -OCH3 is 1. The van der Waals surface area contributed by atoms with Crippen molar-refractivity contribution in [3.05, 3.63) is 11.6 Å². The highest BCUT2D eigenvalue weighted by atomic mass is 16.5. The standard InChI is InChI=1S/C7H14O/c1-4-5-7(2)6-8-3/h5H,4,6H2,1-3H3/b7-5-. The van der Waals surface area contributed by atoms with Gasteiger partial charge in [0, 0.05) is 7.11 Å². The average molecular weight is 114 g/mol. The van der Waals surface area contributed by atoms with E-state index in [9.17, 15) is 0 Å². The third kappa shape index (κ3) is 3.88. The van der Waals surface area contributed by atoms with Crippen LogP contribution in [0.15, 0.2) is 11.6 Å². The van der Waals surface area contributed by atoms with Gasteiger partial charge < -0.3 is 4.74 Å². The topological polar surface area (TPSA) is 9.23 Å². The summed E-state index contributed by atoms with van der Waals surface area (Å²) in [6.07, 6.45) is 3.28. The molecular formula is C7H14O. The van der Waals surface area contributed by atoms with Gasteiger partial charge in [-0.2, -0.15) is 0 Å². The summed E-state index contributed by atoms with van der Waals surface area (Å²) in [5.41, 5.74) is 1.31. The van der Waals surface area contributed by atoms with Gasteiger partial charge >= 0.3 is 0 Å². The van der Waals surface area contributed by atoms with Crippen molar-refractivity contribution >= 4 is 0 Å². The van der Waals surface area contributed by atoms with Crippen molar-refractivity contribution in [2.24, 2.45) is 0 Å². The van der Waals surface area contributed by atoms with E-state index in [1.165, 1.54) is 5.57 Å². The molecule has 1 nitrogen and oxygen atoms in total. The second-order valence-electron chi connectivity index (χ2n) is 1.89. The monoisotopic (exact) mass is 114 g/mol. The molecule has 0 saturated heterocycles. The first-order valence-corrected chi connectivity index (χ1v) is 2.95.